The fraction of sp³-hybridized carbons (Fsp3) is 0.286. The van der Waals surface area contributed by atoms with Crippen LogP contribution in [0.5, 0.6) is 5.75 Å². The number of benzene rings is 1. The van der Waals surface area contributed by atoms with Crippen LogP contribution in [0.2, 0.25) is 0 Å². The molecule has 0 N–H and O–H groups in total. The summed E-state index contributed by atoms with van der Waals surface area (Å²) in [6.45, 7) is 2.52. The first-order valence-corrected chi connectivity index (χ1v) is 6.76. The molecule has 1 atom stereocenters. The van der Waals surface area contributed by atoms with E-state index in [-0.39, 0.29) is 11.7 Å². The Morgan fingerprint density at radius 1 is 1.44 bits per heavy atom. The summed E-state index contributed by atoms with van der Waals surface area (Å²) in [5.74, 6) is 0.912. The molecule has 1 aliphatic rings. The largest absolute Gasteiger partial charge is 0.493 e. The lowest BCUT2D eigenvalue weighted by Crippen LogP contribution is -2.20. The number of ether oxygens (including phenoxy) is 1. The van der Waals surface area contributed by atoms with E-state index in [2.05, 4.69) is 4.98 Å². The molecular weight excluding hydrogens is 246 g/mol. The maximum atomic E-state index is 12.5. The van der Waals surface area contributed by atoms with Crippen LogP contribution in [0.15, 0.2) is 30.5 Å². The van der Waals surface area contributed by atoms with Gasteiger partial charge in [-0.25, -0.2) is 4.98 Å². The summed E-state index contributed by atoms with van der Waals surface area (Å²) in [4.78, 5) is 17.4. The number of carbonyl (C=O) groups is 1. The molecule has 0 radical (unpaired) electrons. The van der Waals surface area contributed by atoms with Crippen molar-refractivity contribution < 1.29 is 9.53 Å². The van der Waals surface area contributed by atoms with Gasteiger partial charge in [-0.15, -0.1) is 11.3 Å². The van der Waals surface area contributed by atoms with E-state index in [0.717, 1.165) is 27.6 Å². The first-order valence-electron chi connectivity index (χ1n) is 5.94. The van der Waals surface area contributed by atoms with Gasteiger partial charge in [0.1, 0.15) is 5.75 Å². The van der Waals surface area contributed by atoms with E-state index in [1.165, 1.54) is 11.3 Å². The van der Waals surface area contributed by atoms with Gasteiger partial charge in [0.05, 0.1) is 22.4 Å². The number of hydrogen-bond acceptors (Lipinski definition) is 4. The number of Topliss-reactive ketones (excluding diaryl/α,β-unsaturated/α-hetero) is 1. The average Bonchev–Trinajstić information content (AvgIpc) is 2.84. The van der Waals surface area contributed by atoms with Crippen molar-refractivity contribution in [3.63, 3.8) is 0 Å². The Bertz CT molecular complexity index is 591. The number of hydrogen-bond donors (Lipinski definition) is 0. The zero-order valence-electron chi connectivity index (χ0n) is 10.1. The molecule has 0 saturated heterocycles. The van der Waals surface area contributed by atoms with Gasteiger partial charge in [0.2, 0.25) is 0 Å². The summed E-state index contributed by atoms with van der Waals surface area (Å²) in [7, 11) is 0. The third kappa shape index (κ3) is 1.93. The Morgan fingerprint density at radius 2 is 2.28 bits per heavy atom. The molecule has 2 heterocycles. The zero-order valence-corrected chi connectivity index (χ0v) is 10.9. The molecule has 4 heteroatoms. The topological polar surface area (TPSA) is 39.2 Å². The molecule has 0 spiro atoms. The van der Waals surface area contributed by atoms with Crippen LogP contribution in [0.4, 0.5) is 0 Å². The van der Waals surface area contributed by atoms with Crippen LogP contribution < -0.4 is 4.74 Å². The van der Waals surface area contributed by atoms with Crippen molar-refractivity contribution in [2.45, 2.75) is 19.3 Å². The molecule has 0 fully saturated rings. The average molecular weight is 259 g/mol. The van der Waals surface area contributed by atoms with Gasteiger partial charge in [-0.2, -0.15) is 0 Å². The van der Waals surface area contributed by atoms with E-state index in [0.29, 0.717) is 6.61 Å². The van der Waals surface area contributed by atoms with Crippen LogP contribution in [0.25, 0.3) is 0 Å². The molecule has 0 aliphatic carbocycles. The Kier molecular flexibility index (Phi) is 2.88. The minimum atomic E-state index is -0.0881. The molecule has 3 rings (SSSR count). The van der Waals surface area contributed by atoms with Crippen LogP contribution in [0.1, 0.15) is 32.6 Å². The number of nitrogens with zero attached hydrogens (tertiary/aromatic N) is 1. The van der Waals surface area contributed by atoms with E-state index in [1.54, 1.807) is 6.20 Å². The first kappa shape index (κ1) is 11.4. The third-order valence-corrected chi connectivity index (χ3v) is 4.07. The molecule has 18 heavy (non-hydrogen) atoms. The molecule has 1 aromatic carbocycles. The van der Waals surface area contributed by atoms with Crippen LogP contribution in [-0.4, -0.2) is 17.4 Å². The van der Waals surface area contributed by atoms with Gasteiger partial charge in [-0.3, -0.25) is 4.79 Å². The highest BCUT2D eigenvalue weighted by atomic mass is 32.1. The van der Waals surface area contributed by atoms with Gasteiger partial charge in [0.25, 0.3) is 0 Å². The highest BCUT2D eigenvalue weighted by Gasteiger charge is 2.29. The Hall–Kier alpha value is -1.68. The molecule has 1 unspecified atom stereocenters. The van der Waals surface area contributed by atoms with Gasteiger partial charge in [0, 0.05) is 11.8 Å². The number of rotatable bonds is 2. The summed E-state index contributed by atoms with van der Waals surface area (Å²) in [6.07, 6.45) is 2.42. The highest BCUT2D eigenvalue weighted by molar-refractivity contribution is 7.13. The lowest BCUT2D eigenvalue weighted by molar-refractivity contribution is 0.0937. The molecular formula is C14H13NO2S. The second-order valence-corrected chi connectivity index (χ2v) is 5.57. The number of para-hydroxylation sites is 1. The van der Waals surface area contributed by atoms with E-state index in [9.17, 15) is 4.79 Å². The fourth-order valence-electron chi connectivity index (χ4n) is 2.26. The van der Waals surface area contributed by atoms with Crippen LogP contribution in [0, 0.1) is 6.92 Å². The van der Waals surface area contributed by atoms with Gasteiger partial charge in [0.15, 0.2) is 5.78 Å². The van der Waals surface area contributed by atoms with Crippen molar-refractivity contribution in [2.24, 2.45) is 0 Å². The summed E-state index contributed by atoms with van der Waals surface area (Å²) in [6, 6.07) is 7.78. The van der Waals surface area contributed by atoms with E-state index < -0.39 is 0 Å². The SMILES string of the molecule is Cc1ncc(C(=O)C2CCOc3ccccc32)s1. The van der Waals surface area contributed by atoms with Gasteiger partial charge in [-0.05, 0) is 19.4 Å². The predicted octanol–water partition coefficient (Wildman–Crippen LogP) is 3.20. The highest BCUT2D eigenvalue weighted by Crippen LogP contribution is 2.36. The van der Waals surface area contributed by atoms with Crippen molar-refractivity contribution in [3.8, 4) is 5.75 Å². The molecule has 1 aliphatic heterocycles. The van der Waals surface area contributed by atoms with E-state index in [1.807, 2.05) is 31.2 Å². The summed E-state index contributed by atoms with van der Waals surface area (Å²) < 4.78 is 5.58. The van der Waals surface area contributed by atoms with Gasteiger partial charge >= 0.3 is 0 Å². The van der Waals surface area contributed by atoms with Crippen molar-refractivity contribution in [1.29, 1.82) is 0 Å². The number of ketones is 1. The standard InChI is InChI=1S/C14H13NO2S/c1-9-15-8-13(18-9)14(16)11-6-7-17-12-5-3-2-4-10(11)12/h2-5,8,11H,6-7H2,1H3. The third-order valence-electron chi connectivity index (χ3n) is 3.14. The smallest absolute Gasteiger partial charge is 0.182 e. The lowest BCUT2D eigenvalue weighted by Gasteiger charge is -2.24. The quantitative estimate of drug-likeness (QED) is 0.777. The minimum absolute atomic E-state index is 0.0881. The van der Waals surface area contributed by atoms with Gasteiger partial charge in [-0.1, -0.05) is 18.2 Å². The number of thiazole rings is 1. The number of fused-ring (bicyclic) bond motifs is 1. The maximum Gasteiger partial charge on any atom is 0.182 e. The second kappa shape index (κ2) is 4.53. The van der Waals surface area contributed by atoms with Gasteiger partial charge < -0.3 is 4.74 Å². The Labute approximate surface area is 109 Å². The zero-order chi connectivity index (χ0) is 12.5. The number of aryl methyl sites for hydroxylation is 1. The predicted molar refractivity (Wildman–Crippen MR) is 70.5 cm³/mol. The van der Waals surface area contributed by atoms with E-state index in [4.69, 9.17) is 4.74 Å². The Morgan fingerprint density at radius 3 is 3.06 bits per heavy atom. The summed E-state index contributed by atoms with van der Waals surface area (Å²) in [5, 5.41) is 0.929. The van der Waals surface area contributed by atoms with Crippen molar-refractivity contribution in [1.82, 2.24) is 4.98 Å². The maximum absolute atomic E-state index is 12.5. The fourth-order valence-corrected chi connectivity index (χ4v) is 3.03. The molecule has 0 bridgehead atoms. The number of aromatic nitrogens is 1. The van der Waals surface area contributed by atoms with Crippen molar-refractivity contribution in [3.05, 3.63) is 45.9 Å². The summed E-state index contributed by atoms with van der Waals surface area (Å²) >= 11 is 1.46. The van der Waals surface area contributed by atoms with Crippen LogP contribution in [-0.2, 0) is 0 Å². The summed E-state index contributed by atoms with van der Waals surface area (Å²) in [5.41, 5.74) is 1.000. The monoisotopic (exact) mass is 259 g/mol. The first-order chi connectivity index (χ1) is 8.75. The Balaban J connectivity index is 1.96. The molecule has 92 valence electrons. The van der Waals surface area contributed by atoms with Crippen molar-refractivity contribution in [2.75, 3.05) is 6.61 Å². The molecule has 2 aromatic rings. The molecule has 0 amide bonds. The van der Waals surface area contributed by atoms with E-state index >= 15 is 0 Å². The lowest BCUT2D eigenvalue weighted by atomic mass is 9.89. The molecule has 1 aromatic heterocycles. The van der Waals surface area contributed by atoms with Crippen LogP contribution in [0.3, 0.4) is 0 Å². The molecule has 3 nitrogen and oxygen atoms in total. The second-order valence-electron chi connectivity index (χ2n) is 4.34. The molecule has 0 saturated carbocycles. The van der Waals surface area contributed by atoms with Crippen molar-refractivity contribution >= 4 is 17.1 Å². The van der Waals surface area contributed by atoms with Crippen LogP contribution >= 0.6 is 11.3 Å². The number of carbonyl (C=O) groups excluding carboxylic acids is 1. The minimum Gasteiger partial charge on any atom is -0.493 e. The normalized spacial score (nSPS) is 17.9.